The Hall–Kier alpha value is -2.86. The molecule has 1 aliphatic heterocycles. The third kappa shape index (κ3) is 3.97. The zero-order valence-electron chi connectivity index (χ0n) is 13.6. The summed E-state index contributed by atoms with van der Waals surface area (Å²) in [6.45, 7) is 2.03. The number of carboxylic acids is 1. The molecule has 2 aromatic carbocycles. The van der Waals surface area contributed by atoms with E-state index in [-0.39, 0.29) is 17.2 Å². The van der Waals surface area contributed by atoms with E-state index in [1.54, 1.807) is 30.3 Å². The average Bonchev–Trinajstić information content (AvgIpc) is 3.13. The topological polar surface area (TPSA) is 95.9 Å². The third-order valence-corrected chi connectivity index (χ3v) is 4.28. The lowest BCUT2D eigenvalue weighted by atomic mass is 10.0. The molecule has 0 aromatic heterocycles. The van der Waals surface area contributed by atoms with Gasteiger partial charge in [0.25, 0.3) is 5.91 Å². The summed E-state index contributed by atoms with van der Waals surface area (Å²) in [4.78, 5) is 23.3. The fraction of sp³-hybridized carbons (Fsp3) is 0.263. The number of hydrogen-bond donors (Lipinski definition) is 3. The van der Waals surface area contributed by atoms with Gasteiger partial charge in [-0.3, -0.25) is 4.79 Å². The zero-order valence-corrected chi connectivity index (χ0v) is 13.6. The lowest BCUT2D eigenvalue weighted by Crippen LogP contribution is -2.29. The second-order valence-corrected chi connectivity index (χ2v) is 6.05. The second-order valence-electron chi connectivity index (χ2n) is 6.05. The number of amides is 1. The molecule has 3 rings (SSSR count). The summed E-state index contributed by atoms with van der Waals surface area (Å²) < 4.78 is 5.28. The predicted molar refractivity (Wildman–Crippen MR) is 91.8 cm³/mol. The zero-order chi connectivity index (χ0) is 17.8. The van der Waals surface area contributed by atoms with Gasteiger partial charge in [-0.15, -0.1) is 0 Å². The van der Waals surface area contributed by atoms with Gasteiger partial charge in [0.05, 0.1) is 6.61 Å². The minimum absolute atomic E-state index is 0.143. The molecular weight excluding hydrogens is 322 g/mol. The maximum absolute atomic E-state index is 12.2. The first-order valence-electron chi connectivity index (χ1n) is 8.07. The van der Waals surface area contributed by atoms with E-state index in [2.05, 4.69) is 5.32 Å². The van der Waals surface area contributed by atoms with Crippen LogP contribution in [0.5, 0.6) is 5.75 Å². The second kappa shape index (κ2) is 7.36. The summed E-state index contributed by atoms with van der Waals surface area (Å²) in [5.41, 5.74) is 1.81. The summed E-state index contributed by atoms with van der Waals surface area (Å²) in [7, 11) is 0. The van der Waals surface area contributed by atoms with Gasteiger partial charge in [0, 0.05) is 24.6 Å². The number of nitrogens with one attached hydrogen (secondary N) is 1. The maximum atomic E-state index is 12.2. The molecule has 0 saturated carbocycles. The molecule has 1 heterocycles. The van der Waals surface area contributed by atoms with E-state index in [0.29, 0.717) is 30.2 Å². The number of ether oxygens (including phenoxy) is 1. The van der Waals surface area contributed by atoms with Crippen LogP contribution in [0.3, 0.4) is 0 Å². The van der Waals surface area contributed by atoms with Gasteiger partial charge in [0.15, 0.2) is 0 Å². The highest BCUT2D eigenvalue weighted by Crippen LogP contribution is 2.26. The molecule has 1 atom stereocenters. The smallest absolute Gasteiger partial charge is 0.339 e. The maximum Gasteiger partial charge on any atom is 0.339 e. The summed E-state index contributed by atoms with van der Waals surface area (Å²) in [5, 5.41) is 21.6. The number of aromatic carboxylic acids is 1. The van der Waals surface area contributed by atoms with Crippen LogP contribution < -0.4 is 5.32 Å². The molecular formula is C19H19NO5. The minimum Gasteiger partial charge on any atom is -0.507 e. The molecule has 0 aliphatic carbocycles. The Balaban J connectivity index is 1.70. The fourth-order valence-electron chi connectivity index (χ4n) is 2.78. The largest absolute Gasteiger partial charge is 0.507 e. The van der Waals surface area contributed by atoms with E-state index in [1.165, 1.54) is 12.1 Å². The number of carboxylic acid groups (broad SMARTS) is 1. The van der Waals surface area contributed by atoms with Crippen molar-refractivity contribution in [3.63, 3.8) is 0 Å². The van der Waals surface area contributed by atoms with Crippen molar-refractivity contribution >= 4 is 11.9 Å². The van der Waals surface area contributed by atoms with Crippen LogP contribution in [-0.2, 0) is 4.74 Å². The lowest BCUT2D eigenvalue weighted by molar-refractivity contribution is 0.0693. The van der Waals surface area contributed by atoms with Gasteiger partial charge in [0.2, 0.25) is 0 Å². The lowest BCUT2D eigenvalue weighted by Gasteiger charge is -2.10. The van der Waals surface area contributed by atoms with E-state index in [0.717, 1.165) is 18.6 Å². The van der Waals surface area contributed by atoms with E-state index < -0.39 is 5.97 Å². The number of rotatable bonds is 5. The molecule has 3 N–H and O–H groups in total. The SMILES string of the molecule is O=C(NCC1CCOC1)c1ccc(-c2ccc(O)c(C(=O)O)c2)cc1. The Morgan fingerprint density at radius 1 is 1.12 bits per heavy atom. The normalized spacial score (nSPS) is 16.6. The molecule has 1 aliphatic rings. The van der Waals surface area contributed by atoms with Crippen molar-refractivity contribution in [1.82, 2.24) is 5.32 Å². The number of hydrogen-bond acceptors (Lipinski definition) is 4. The Labute approximate surface area is 145 Å². The number of benzene rings is 2. The van der Waals surface area contributed by atoms with Gasteiger partial charge in [-0.05, 0) is 41.8 Å². The summed E-state index contributed by atoms with van der Waals surface area (Å²) in [6.07, 6.45) is 0.964. The molecule has 0 radical (unpaired) electrons. The van der Waals surface area contributed by atoms with Gasteiger partial charge in [-0.1, -0.05) is 18.2 Å². The van der Waals surface area contributed by atoms with Crippen molar-refractivity contribution < 1.29 is 24.5 Å². The van der Waals surface area contributed by atoms with Gasteiger partial charge in [-0.2, -0.15) is 0 Å². The highest BCUT2D eigenvalue weighted by molar-refractivity contribution is 5.95. The first-order valence-corrected chi connectivity index (χ1v) is 8.07. The first kappa shape index (κ1) is 17.0. The summed E-state index contributed by atoms with van der Waals surface area (Å²) in [5.74, 6) is -1.24. The van der Waals surface area contributed by atoms with Crippen molar-refractivity contribution in [2.24, 2.45) is 5.92 Å². The highest BCUT2D eigenvalue weighted by atomic mass is 16.5. The van der Waals surface area contributed by atoms with Crippen LogP contribution in [0.4, 0.5) is 0 Å². The van der Waals surface area contributed by atoms with Gasteiger partial charge in [-0.25, -0.2) is 4.79 Å². The van der Waals surface area contributed by atoms with Crippen molar-refractivity contribution in [3.05, 3.63) is 53.6 Å². The quantitative estimate of drug-likeness (QED) is 0.777. The van der Waals surface area contributed by atoms with Crippen molar-refractivity contribution in [3.8, 4) is 16.9 Å². The van der Waals surface area contributed by atoms with Crippen LogP contribution >= 0.6 is 0 Å². The van der Waals surface area contributed by atoms with Crippen LogP contribution in [0.15, 0.2) is 42.5 Å². The molecule has 130 valence electrons. The molecule has 1 saturated heterocycles. The van der Waals surface area contributed by atoms with E-state index >= 15 is 0 Å². The molecule has 2 aromatic rings. The standard InChI is InChI=1S/C19H19NO5/c21-17-6-5-15(9-16(17)19(23)24)13-1-3-14(4-2-13)18(22)20-10-12-7-8-25-11-12/h1-6,9,12,21H,7-8,10-11H2,(H,20,22)(H,23,24). The number of carbonyl (C=O) groups excluding carboxylic acids is 1. The molecule has 6 heteroatoms. The molecule has 6 nitrogen and oxygen atoms in total. The molecule has 1 unspecified atom stereocenters. The Bertz CT molecular complexity index is 779. The Kier molecular flexibility index (Phi) is 5.00. The minimum atomic E-state index is -1.19. The van der Waals surface area contributed by atoms with Gasteiger partial charge >= 0.3 is 5.97 Å². The van der Waals surface area contributed by atoms with Crippen molar-refractivity contribution in [1.29, 1.82) is 0 Å². The molecule has 1 fully saturated rings. The first-order chi connectivity index (χ1) is 12.0. The Morgan fingerprint density at radius 2 is 1.84 bits per heavy atom. The van der Waals surface area contributed by atoms with Crippen LogP contribution in [0, 0.1) is 5.92 Å². The van der Waals surface area contributed by atoms with Crippen molar-refractivity contribution in [2.75, 3.05) is 19.8 Å². The molecule has 1 amide bonds. The van der Waals surface area contributed by atoms with E-state index in [4.69, 9.17) is 9.84 Å². The van der Waals surface area contributed by atoms with Gasteiger partial charge < -0.3 is 20.3 Å². The molecule has 25 heavy (non-hydrogen) atoms. The van der Waals surface area contributed by atoms with Crippen molar-refractivity contribution in [2.45, 2.75) is 6.42 Å². The fourth-order valence-corrected chi connectivity index (χ4v) is 2.78. The number of aromatic hydroxyl groups is 1. The monoisotopic (exact) mass is 341 g/mol. The van der Waals surface area contributed by atoms with Gasteiger partial charge in [0.1, 0.15) is 11.3 Å². The summed E-state index contributed by atoms with van der Waals surface area (Å²) >= 11 is 0. The van der Waals surface area contributed by atoms with E-state index in [9.17, 15) is 14.7 Å². The van der Waals surface area contributed by atoms with Crippen LogP contribution in [-0.4, -0.2) is 41.8 Å². The van der Waals surface area contributed by atoms with Crippen LogP contribution in [0.25, 0.3) is 11.1 Å². The van der Waals surface area contributed by atoms with Crippen LogP contribution in [0.2, 0.25) is 0 Å². The van der Waals surface area contributed by atoms with E-state index in [1.807, 2.05) is 0 Å². The molecule has 0 bridgehead atoms. The van der Waals surface area contributed by atoms with Crippen LogP contribution in [0.1, 0.15) is 27.1 Å². The molecule has 0 spiro atoms. The summed E-state index contributed by atoms with van der Waals surface area (Å²) in [6, 6.07) is 11.3. The average molecular weight is 341 g/mol. The Morgan fingerprint density at radius 3 is 2.48 bits per heavy atom. The third-order valence-electron chi connectivity index (χ3n) is 4.28. The predicted octanol–water partition coefficient (Wildman–Crippen LogP) is 2.52. The number of carbonyl (C=O) groups is 2. The highest BCUT2D eigenvalue weighted by Gasteiger charge is 2.17. The number of phenols is 1.